The number of hydrogen-bond acceptors (Lipinski definition) is 3. The molecule has 0 aliphatic carbocycles. The maximum Gasteiger partial charge on any atom is 0.616 e. The Labute approximate surface area is 101 Å². The van der Waals surface area contributed by atoms with E-state index in [1.807, 2.05) is 0 Å². The summed E-state index contributed by atoms with van der Waals surface area (Å²) in [7, 11) is -5.39. The van der Waals surface area contributed by atoms with Crippen LogP contribution in [0.2, 0.25) is 0 Å². The molecular formula is C8H14F6O3Si. The summed E-state index contributed by atoms with van der Waals surface area (Å²) in [5.41, 5.74) is 0. The summed E-state index contributed by atoms with van der Waals surface area (Å²) in [6.45, 7) is 1.99. The van der Waals surface area contributed by atoms with Crippen LogP contribution in [-0.2, 0) is 13.3 Å². The molecule has 0 bridgehead atoms. The molecule has 0 saturated heterocycles. The van der Waals surface area contributed by atoms with E-state index in [2.05, 4.69) is 13.3 Å². The fraction of sp³-hybridized carbons (Fsp3) is 1.00. The quantitative estimate of drug-likeness (QED) is 0.557. The second kappa shape index (κ2) is 6.22. The van der Waals surface area contributed by atoms with Crippen molar-refractivity contribution in [1.82, 2.24) is 0 Å². The van der Waals surface area contributed by atoms with Gasteiger partial charge in [0.25, 0.3) is 0 Å². The number of rotatable bonds is 6. The SMILES string of the molecule is CCO[Si](OCC)(OC(C)C(F)(F)F)C(F)(F)F. The molecule has 0 heterocycles. The first-order valence-corrected chi connectivity index (χ1v) is 6.81. The second-order valence-electron chi connectivity index (χ2n) is 3.22. The predicted molar refractivity (Wildman–Crippen MR) is 51.7 cm³/mol. The summed E-state index contributed by atoms with van der Waals surface area (Å²) in [5, 5.41) is 0. The molecule has 0 rings (SSSR count). The third-order valence-electron chi connectivity index (χ3n) is 1.81. The molecule has 0 fully saturated rings. The maximum absolute atomic E-state index is 12.8. The van der Waals surface area contributed by atoms with Crippen LogP contribution in [0.4, 0.5) is 26.3 Å². The highest BCUT2D eigenvalue weighted by atomic mass is 28.4. The normalized spacial score (nSPS) is 15.8. The molecule has 0 aliphatic rings. The van der Waals surface area contributed by atoms with Crippen LogP contribution in [0.5, 0.6) is 0 Å². The largest absolute Gasteiger partial charge is 0.616 e. The van der Waals surface area contributed by atoms with Gasteiger partial charge in [0.05, 0.1) is 0 Å². The molecular weight excluding hydrogens is 286 g/mol. The van der Waals surface area contributed by atoms with Crippen molar-refractivity contribution in [3.8, 4) is 0 Å². The molecule has 0 amide bonds. The van der Waals surface area contributed by atoms with E-state index in [9.17, 15) is 26.3 Å². The zero-order valence-corrected chi connectivity index (χ0v) is 11.0. The minimum Gasteiger partial charge on any atom is -0.368 e. The maximum atomic E-state index is 12.8. The topological polar surface area (TPSA) is 27.7 Å². The van der Waals surface area contributed by atoms with E-state index in [-0.39, 0.29) is 0 Å². The summed E-state index contributed by atoms with van der Waals surface area (Å²) in [6, 6.07) is 0. The van der Waals surface area contributed by atoms with Crippen molar-refractivity contribution in [3.63, 3.8) is 0 Å². The summed E-state index contributed by atoms with van der Waals surface area (Å²) in [4.78, 5) is 0. The van der Waals surface area contributed by atoms with Crippen molar-refractivity contribution in [2.24, 2.45) is 0 Å². The van der Waals surface area contributed by atoms with E-state index >= 15 is 0 Å². The molecule has 110 valence electrons. The van der Waals surface area contributed by atoms with Crippen molar-refractivity contribution >= 4 is 8.80 Å². The number of alkyl halides is 6. The Hall–Kier alpha value is -0.323. The minimum absolute atomic E-state index is 0.462. The Morgan fingerprint density at radius 2 is 1.33 bits per heavy atom. The molecule has 1 atom stereocenters. The highest BCUT2D eigenvalue weighted by molar-refractivity contribution is 6.63. The lowest BCUT2D eigenvalue weighted by Gasteiger charge is -2.33. The molecule has 0 saturated carbocycles. The molecule has 0 N–H and O–H groups in total. The van der Waals surface area contributed by atoms with Gasteiger partial charge in [-0.05, 0) is 20.8 Å². The summed E-state index contributed by atoms with van der Waals surface area (Å²) < 4.78 is 88.1. The zero-order valence-electron chi connectivity index (χ0n) is 9.98. The van der Waals surface area contributed by atoms with Crippen LogP contribution in [0, 0.1) is 0 Å². The van der Waals surface area contributed by atoms with E-state index in [4.69, 9.17) is 0 Å². The predicted octanol–water partition coefficient (Wildman–Crippen LogP) is 3.07. The highest BCUT2D eigenvalue weighted by Crippen LogP contribution is 2.35. The molecule has 10 heteroatoms. The Bertz CT molecular complexity index is 248. The average molecular weight is 300 g/mol. The third-order valence-corrected chi connectivity index (χ3v) is 4.50. The van der Waals surface area contributed by atoms with Gasteiger partial charge in [-0.15, -0.1) is 0 Å². The Kier molecular flexibility index (Phi) is 6.10. The number of hydrogen-bond donors (Lipinski definition) is 0. The second-order valence-corrected chi connectivity index (χ2v) is 5.71. The van der Waals surface area contributed by atoms with Crippen molar-refractivity contribution < 1.29 is 39.6 Å². The highest BCUT2D eigenvalue weighted by Gasteiger charge is 2.68. The first kappa shape index (κ1) is 17.7. The van der Waals surface area contributed by atoms with Gasteiger partial charge in [0.1, 0.15) is 6.10 Å². The number of halogens is 6. The minimum atomic E-state index is -5.39. The van der Waals surface area contributed by atoms with Gasteiger partial charge in [0.15, 0.2) is 0 Å². The average Bonchev–Trinajstić information content (AvgIpc) is 2.14. The molecule has 3 nitrogen and oxygen atoms in total. The standard InChI is InChI=1S/C8H14F6O3Si/c1-4-15-18(16-5-2,8(12,13)14)17-6(3)7(9,10)11/h6H,4-5H2,1-3H3. The van der Waals surface area contributed by atoms with Crippen LogP contribution in [0.15, 0.2) is 0 Å². The van der Waals surface area contributed by atoms with Gasteiger partial charge in [-0.25, -0.2) is 0 Å². The van der Waals surface area contributed by atoms with Gasteiger partial charge >= 0.3 is 20.8 Å². The van der Waals surface area contributed by atoms with Crippen LogP contribution in [0.1, 0.15) is 20.8 Å². The van der Waals surface area contributed by atoms with Crippen LogP contribution in [0.25, 0.3) is 0 Å². The summed E-state index contributed by atoms with van der Waals surface area (Å²) in [6.07, 6.45) is -7.54. The van der Waals surface area contributed by atoms with E-state index in [1.54, 1.807) is 0 Å². The van der Waals surface area contributed by atoms with Gasteiger partial charge in [-0.3, -0.25) is 0 Å². The van der Waals surface area contributed by atoms with Gasteiger partial charge in [-0.2, -0.15) is 26.3 Å². The van der Waals surface area contributed by atoms with Crippen LogP contribution < -0.4 is 0 Å². The molecule has 0 aromatic rings. The molecule has 0 aromatic carbocycles. The summed E-state index contributed by atoms with van der Waals surface area (Å²) in [5.74, 6) is -5.11. The van der Waals surface area contributed by atoms with Crippen LogP contribution >= 0.6 is 0 Å². The van der Waals surface area contributed by atoms with Crippen molar-refractivity contribution in [2.75, 3.05) is 13.2 Å². The van der Waals surface area contributed by atoms with Crippen molar-refractivity contribution in [3.05, 3.63) is 0 Å². The fourth-order valence-corrected chi connectivity index (χ4v) is 3.06. The summed E-state index contributed by atoms with van der Waals surface area (Å²) >= 11 is 0. The molecule has 0 spiro atoms. The van der Waals surface area contributed by atoms with Gasteiger partial charge in [-0.1, -0.05) is 0 Å². The Morgan fingerprint density at radius 3 is 1.56 bits per heavy atom. The molecule has 18 heavy (non-hydrogen) atoms. The fourth-order valence-electron chi connectivity index (χ4n) is 1.02. The van der Waals surface area contributed by atoms with Crippen molar-refractivity contribution in [1.29, 1.82) is 0 Å². The smallest absolute Gasteiger partial charge is 0.368 e. The third kappa shape index (κ3) is 4.41. The van der Waals surface area contributed by atoms with Gasteiger partial charge in [0, 0.05) is 13.2 Å². The lowest BCUT2D eigenvalue weighted by molar-refractivity contribution is -0.218. The monoisotopic (exact) mass is 300 g/mol. The van der Waals surface area contributed by atoms with Gasteiger partial charge in [0.2, 0.25) is 0 Å². The molecule has 0 aliphatic heterocycles. The molecule has 0 aromatic heterocycles. The van der Waals surface area contributed by atoms with Crippen LogP contribution in [0.3, 0.4) is 0 Å². The van der Waals surface area contributed by atoms with E-state index < -0.39 is 40.1 Å². The Balaban J connectivity index is 5.19. The Morgan fingerprint density at radius 1 is 0.944 bits per heavy atom. The van der Waals surface area contributed by atoms with Crippen molar-refractivity contribution in [2.45, 2.75) is 38.9 Å². The van der Waals surface area contributed by atoms with Crippen LogP contribution in [-0.4, -0.2) is 40.1 Å². The zero-order chi connectivity index (χ0) is 14.6. The lowest BCUT2D eigenvalue weighted by Crippen LogP contribution is -2.61. The van der Waals surface area contributed by atoms with Gasteiger partial charge < -0.3 is 13.3 Å². The molecule has 1 unspecified atom stereocenters. The van der Waals surface area contributed by atoms with E-state index in [0.29, 0.717) is 6.92 Å². The first-order valence-electron chi connectivity index (χ1n) is 5.09. The van der Waals surface area contributed by atoms with E-state index in [0.717, 1.165) is 0 Å². The van der Waals surface area contributed by atoms with E-state index in [1.165, 1.54) is 13.8 Å². The molecule has 0 radical (unpaired) electrons. The first-order chi connectivity index (χ1) is 8.00. The lowest BCUT2D eigenvalue weighted by atomic mass is 10.4.